The second-order valence-electron chi connectivity index (χ2n) is 4.75. The van der Waals surface area contributed by atoms with Gasteiger partial charge in [0.05, 0.1) is 17.2 Å². The Morgan fingerprint density at radius 3 is 2.89 bits per heavy atom. The summed E-state index contributed by atoms with van der Waals surface area (Å²) in [5.74, 6) is 0.369. The Kier molecular flexibility index (Phi) is 3.36. The van der Waals surface area contributed by atoms with E-state index in [4.69, 9.17) is 5.73 Å². The Hall–Kier alpha value is -1.85. The maximum atomic E-state index is 11.3. The number of nitrogens with zero attached hydrogens (tertiary/aromatic N) is 3. The number of aldehydes is 1. The molecule has 6 nitrogen and oxygen atoms in total. The molecule has 1 saturated heterocycles. The van der Waals surface area contributed by atoms with Crippen LogP contribution in [-0.2, 0) is 11.8 Å². The number of piperidine rings is 1. The molecule has 0 radical (unpaired) electrons. The van der Waals surface area contributed by atoms with Gasteiger partial charge in [-0.05, 0) is 19.8 Å². The molecule has 2 heterocycles. The van der Waals surface area contributed by atoms with Crippen LogP contribution in [0.15, 0.2) is 0 Å². The molecule has 1 amide bonds. The first-order chi connectivity index (χ1) is 8.54. The van der Waals surface area contributed by atoms with Gasteiger partial charge in [0.1, 0.15) is 5.82 Å². The summed E-state index contributed by atoms with van der Waals surface area (Å²) in [7, 11) is 1.81. The molecule has 1 aliphatic rings. The summed E-state index contributed by atoms with van der Waals surface area (Å²) in [4.78, 5) is 24.5. The van der Waals surface area contributed by atoms with E-state index in [1.807, 2.05) is 18.9 Å². The van der Waals surface area contributed by atoms with Crippen LogP contribution >= 0.6 is 0 Å². The molecule has 2 rings (SSSR count). The quantitative estimate of drug-likeness (QED) is 0.779. The number of amides is 1. The summed E-state index contributed by atoms with van der Waals surface area (Å²) in [6.07, 6.45) is 2.54. The van der Waals surface area contributed by atoms with Crippen LogP contribution in [0.5, 0.6) is 0 Å². The van der Waals surface area contributed by atoms with Crippen molar-refractivity contribution in [3.8, 4) is 0 Å². The van der Waals surface area contributed by atoms with Crippen LogP contribution in [0.25, 0.3) is 0 Å². The molecule has 1 aromatic heterocycles. The van der Waals surface area contributed by atoms with E-state index in [0.29, 0.717) is 17.8 Å². The average molecular weight is 250 g/mol. The van der Waals surface area contributed by atoms with Crippen LogP contribution in [0.1, 0.15) is 28.9 Å². The number of carbonyl (C=O) groups is 2. The van der Waals surface area contributed by atoms with Gasteiger partial charge in [-0.2, -0.15) is 5.10 Å². The van der Waals surface area contributed by atoms with Gasteiger partial charge in [0, 0.05) is 20.1 Å². The van der Waals surface area contributed by atoms with Gasteiger partial charge < -0.3 is 10.6 Å². The lowest BCUT2D eigenvalue weighted by atomic mass is 9.97. The van der Waals surface area contributed by atoms with Gasteiger partial charge in [0.15, 0.2) is 6.29 Å². The van der Waals surface area contributed by atoms with E-state index in [1.54, 1.807) is 4.68 Å². The fourth-order valence-corrected chi connectivity index (χ4v) is 2.58. The second kappa shape index (κ2) is 4.80. The monoisotopic (exact) mass is 250 g/mol. The van der Waals surface area contributed by atoms with E-state index in [0.717, 1.165) is 31.5 Å². The third-order valence-electron chi connectivity index (χ3n) is 3.48. The van der Waals surface area contributed by atoms with E-state index in [9.17, 15) is 9.59 Å². The topological polar surface area (TPSA) is 81.2 Å². The fraction of sp³-hybridized carbons (Fsp3) is 0.583. The predicted molar refractivity (Wildman–Crippen MR) is 67.5 cm³/mol. The Morgan fingerprint density at radius 2 is 2.28 bits per heavy atom. The van der Waals surface area contributed by atoms with Crippen molar-refractivity contribution in [2.75, 3.05) is 18.0 Å². The number of carbonyl (C=O) groups excluding carboxylic acids is 2. The van der Waals surface area contributed by atoms with Crippen molar-refractivity contribution in [1.82, 2.24) is 9.78 Å². The molecule has 2 N–H and O–H groups in total. The minimum absolute atomic E-state index is 0.145. The van der Waals surface area contributed by atoms with Crippen molar-refractivity contribution in [3.63, 3.8) is 0 Å². The van der Waals surface area contributed by atoms with Gasteiger partial charge in [-0.1, -0.05) is 0 Å². The lowest BCUT2D eigenvalue weighted by molar-refractivity contribution is -0.122. The molecular formula is C12H18N4O2. The summed E-state index contributed by atoms with van der Waals surface area (Å²) < 4.78 is 1.70. The number of hydrogen-bond donors (Lipinski definition) is 1. The Morgan fingerprint density at radius 1 is 1.56 bits per heavy atom. The average Bonchev–Trinajstić information content (AvgIpc) is 2.63. The number of aryl methyl sites for hydroxylation is 2. The first-order valence-corrected chi connectivity index (χ1v) is 6.07. The normalized spacial score (nSPS) is 19.9. The van der Waals surface area contributed by atoms with Crippen molar-refractivity contribution in [3.05, 3.63) is 11.3 Å². The molecule has 1 fully saturated rings. The van der Waals surface area contributed by atoms with Crippen LogP contribution in [-0.4, -0.2) is 35.1 Å². The van der Waals surface area contributed by atoms with Crippen molar-refractivity contribution >= 4 is 18.0 Å². The number of aromatic nitrogens is 2. The molecule has 1 aliphatic heterocycles. The van der Waals surface area contributed by atoms with Crippen molar-refractivity contribution in [2.24, 2.45) is 18.7 Å². The highest BCUT2D eigenvalue weighted by molar-refractivity contribution is 5.85. The first-order valence-electron chi connectivity index (χ1n) is 6.07. The maximum Gasteiger partial charge on any atom is 0.222 e. The van der Waals surface area contributed by atoms with Crippen LogP contribution in [0, 0.1) is 12.8 Å². The predicted octanol–water partition coefficient (Wildman–Crippen LogP) is 0.243. The molecule has 1 unspecified atom stereocenters. The van der Waals surface area contributed by atoms with Gasteiger partial charge in [-0.15, -0.1) is 0 Å². The lowest BCUT2D eigenvalue weighted by Crippen LogP contribution is -2.42. The Balaban J connectivity index is 2.31. The zero-order valence-electron chi connectivity index (χ0n) is 10.7. The van der Waals surface area contributed by atoms with Crippen molar-refractivity contribution < 1.29 is 9.59 Å². The number of primary amides is 1. The standard InChI is InChI=1S/C12H18N4O2/c1-8-10(7-17)12(15(2)14-8)16-5-3-4-9(6-16)11(13)18/h7,9H,3-6H2,1-2H3,(H2,13,18). The molecule has 1 aromatic rings. The van der Waals surface area contributed by atoms with E-state index in [2.05, 4.69) is 5.10 Å². The summed E-state index contributed by atoms with van der Waals surface area (Å²) in [5.41, 5.74) is 6.68. The third-order valence-corrected chi connectivity index (χ3v) is 3.48. The minimum atomic E-state index is -0.272. The maximum absolute atomic E-state index is 11.3. The summed E-state index contributed by atoms with van der Waals surface area (Å²) in [6, 6.07) is 0. The smallest absolute Gasteiger partial charge is 0.222 e. The van der Waals surface area contributed by atoms with Gasteiger partial charge >= 0.3 is 0 Å². The molecule has 0 bridgehead atoms. The van der Waals surface area contributed by atoms with E-state index < -0.39 is 0 Å². The summed E-state index contributed by atoms with van der Waals surface area (Å²) in [6.45, 7) is 3.20. The zero-order valence-corrected chi connectivity index (χ0v) is 10.7. The molecule has 18 heavy (non-hydrogen) atoms. The highest BCUT2D eigenvalue weighted by Gasteiger charge is 2.27. The van der Waals surface area contributed by atoms with Gasteiger partial charge in [0.2, 0.25) is 5.91 Å². The van der Waals surface area contributed by atoms with Crippen molar-refractivity contribution in [1.29, 1.82) is 0 Å². The van der Waals surface area contributed by atoms with Crippen LogP contribution in [0.2, 0.25) is 0 Å². The Bertz CT molecular complexity index is 481. The summed E-state index contributed by atoms with van der Waals surface area (Å²) >= 11 is 0. The molecule has 0 saturated carbocycles. The Labute approximate surface area is 106 Å². The molecular weight excluding hydrogens is 232 g/mol. The van der Waals surface area contributed by atoms with Gasteiger partial charge in [0.25, 0.3) is 0 Å². The minimum Gasteiger partial charge on any atom is -0.369 e. The SMILES string of the molecule is Cc1nn(C)c(N2CCCC(C(N)=O)C2)c1C=O. The number of rotatable bonds is 3. The van der Waals surface area contributed by atoms with Crippen molar-refractivity contribution in [2.45, 2.75) is 19.8 Å². The third kappa shape index (κ3) is 2.10. The molecule has 1 atom stereocenters. The molecule has 0 aliphatic carbocycles. The molecule has 0 aromatic carbocycles. The highest BCUT2D eigenvalue weighted by atomic mass is 16.1. The largest absolute Gasteiger partial charge is 0.369 e. The highest BCUT2D eigenvalue weighted by Crippen LogP contribution is 2.26. The lowest BCUT2D eigenvalue weighted by Gasteiger charge is -2.33. The van der Waals surface area contributed by atoms with Gasteiger partial charge in [-0.25, -0.2) is 0 Å². The van der Waals surface area contributed by atoms with E-state index >= 15 is 0 Å². The molecule has 6 heteroatoms. The molecule has 98 valence electrons. The fourth-order valence-electron chi connectivity index (χ4n) is 2.58. The van der Waals surface area contributed by atoms with E-state index in [1.165, 1.54) is 0 Å². The van der Waals surface area contributed by atoms with E-state index in [-0.39, 0.29) is 11.8 Å². The van der Waals surface area contributed by atoms with Crippen LogP contribution in [0.4, 0.5) is 5.82 Å². The number of anilines is 1. The number of nitrogens with two attached hydrogens (primary N) is 1. The molecule has 0 spiro atoms. The van der Waals surface area contributed by atoms with Crippen LogP contribution in [0.3, 0.4) is 0 Å². The first kappa shape index (κ1) is 12.6. The summed E-state index contributed by atoms with van der Waals surface area (Å²) in [5, 5.41) is 4.25. The second-order valence-corrected chi connectivity index (χ2v) is 4.75. The number of hydrogen-bond acceptors (Lipinski definition) is 4. The zero-order chi connectivity index (χ0) is 13.3. The van der Waals surface area contributed by atoms with Crippen LogP contribution < -0.4 is 10.6 Å². The van der Waals surface area contributed by atoms with Gasteiger partial charge in [-0.3, -0.25) is 14.3 Å².